The van der Waals surface area contributed by atoms with Crippen molar-refractivity contribution in [2.24, 2.45) is 0 Å². The smallest absolute Gasteiger partial charge is 0.136 e. The lowest BCUT2D eigenvalue weighted by Crippen LogP contribution is -2.13. The van der Waals surface area contributed by atoms with Gasteiger partial charge in [0, 0.05) is 17.3 Å². The molecule has 2 aromatic heterocycles. The summed E-state index contributed by atoms with van der Waals surface area (Å²) in [6.07, 6.45) is 2.69. The molecule has 3 aromatic rings. The van der Waals surface area contributed by atoms with Gasteiger partial charge in [0.15, 0.2) is 0 Å². The van der Waals surface area contributed by atoms with Crippen LogP contribution < -0.4 is 5.73 Å². The van der Waals surface area contributed by atoms with Gasteiger partial charge < -0.3 is 15.4 Å². The van der Waals surface area contributed by atoms with Crippen LogP contribution in [-0.2, 0) is 6.61 Å². The zero-order valence-corrected chi connectivity index (χ0v) is 12.0. The summed E-state index contributed by atoms with van der Waals surface area (Å²) in [4.78, 5) is 8.89. The van der Waals surface area contributed by atoms with Gasteiger partial charge in [-0.25, -0.2) is 9.97 Å². The Hall–Kier alpha value is -1.92. The quantitative estimate of drug-likeness (QED) is 0.723. The number of aromatic nitrogens is 3. The molecule has 20 heavy (non-hydrogen) atoms. The van der Waals surface area contributed by atoms with Crippen molar-refractivity contribution in [1.82, 2.24) is 14.5 Å². The third kappa shape index (κ3) is 2.07. The molecule has 0 radical (unpaired) electrons. The molecular weight excluding hydrogens is 272 g/mol. The molecule has 0 spiro atoms. The molecule has 0 amide bonds. The van der Waals surface area contributed by atoms with Crippen molar-refractivity contribution in [3.05, 3.63) is 40.6 Å². The third-order valence-electron chi connectivity index (χ3n) is 3.36. The summed E-state index contributed by atoms with van der Waals surface area (Å²) in [6.45, 7) is 2.01. The van der Waals surface area contributed by atoms with Crippen molar-refractivity contribution in [1.29, 1.82) is 0 Å². The van der Waals surface area contributed by atoms with Crippen LogP contribution in [0.2, 0.25) is 0 Å². The van der Waals surface area contributed by atoms with E-state index in [1.54, 1.807) is 17.5 Å². The molecule has 0 aliphatic rings. The lowest BCUT2D eigenvalue weighted by molar-refractivity contribution is 0.263. The molecule has 1 atom stereocenters. The first-order valence-electron chi connectivity index (χ1n) is 6.51. The molecule has 0 bridgehead atoms. The summed E-state index contributed by atoms with van der Waals surface area (Å²) in [6, 6.07) is 5.73. The number of benzene rings is 1. The fourth-order valence-corrected chi connectivity index (χ4v) is 3.30. The van der Waals surface area contributed by atoms with Crippen LogP contribution in [0.25, 0.3) is 11.0 Å². The first kappa shape index (κ1) is 13.1. The number of thiazole rings is 1. The fraction of sp³-hybridized carbons (Fsp3) is 0.286. The normalized spacial score (nSPS) is 12.9. The number of imidazole rings is 1. The number of anilines is 1. The maximum absolute atomic E-state index is 9.60. The maximum Gasteiger partial charge on any atom is 0.136 e. The zero-order chi connectivity index (χ0) is 14.1. The molecule has 0 saturated carbocycles. The van der Waals surface area contributed by atoms with Gasteiger partial charge >= 0.3 is 0 Å². The van der Waals surface area contributed by atoms with Crippen molar-refractivity contribution < 1.29 is 5.11 Å². The van der Waals surface area contributed by atoms with Crippen LogP contribution in [0.5, 0.6) is 0 Å². The molecule has 3 rings (SSSR count). The summed E-state index contributed by atoms with van der Waals surface area (Å²) >= 11 is 1.62. The number of hydrogen-bond donors (Lipinski definition) is 2. The Morgan fingerprint density at radius 3 is 2.95 bits per heavy atom. The second kappa shape index (κ2) is 5.22. The number of aliphatic hydroxyl groups excluding tert-OH is 1. The SMILES string of the molecule is CCC(c1nccs1)n1c(CO)nc2cc(N)ccc21. The lowest BCUT2D eigenvalue weighted by Gasteiger charge is -2.17. The van der Waals surface area contributed by atoms with E-state index in [0.29, 0.717) is 11.5 Å². The lowest BCUT2D eigenvalue weighted by atomic mass is 10.2. The summed E-state index contributed by atoms with van der Waals surface area (Å²) < 4.78 is 2.06. The van der Waals surface area contributed by atoms with Gasteiger partial charge in [-0.1, -0.05) is 6.92 Å². The third-order valence-corrected chi connectivity index (χ3v) is 4.24. The van der Waals surface area contributed by atoms with Gasteiger partial charge in [-0.05, 0) is 24.6 Å². The number of nitrogens with zero attached hydrogens (tertiary/aromatic N) is 3. The van der Waals surface area contributed by atoms with E-state index >= 15 is 0 Å². The second-order valence-corrected chi connectivity index (χ2v) is 5.52. The van der Waals surface area contributed by atoms with Gasteiger partial charge in [-0.2, -0.15) is 0 Å². The average molecular weight is 288 g/mol. The highest BCUT2D eigenvalue weighted by Crippen LogP contribution is 2.30. The van der Waals surface area contributed by atoms with Crippen LogP contribution in [0.3, 0.4) is 0 Å². The predicted molar refractivity (Wildman–Crippen MR) is 80.6 cm³/mol. The van der Waals surface area contributed by atoms with Crippen LogP contribution >= 0.6 is 11.3 Å². The number of nitrogens with two attached hydrogens (primary N) is 1. The predicted octanol–water partition coefficient (Wildman–Crippen LogP) is 2.57. The molecule has 1 aromatic carbocycles. The molecule has 0 aliphatic carbocycles. The fourth-order valence-electron chi connectivity index (χ4n) is 2.49. The Bertz CT molecular complexity index is 720. The van der Waals surface area contributed by atoms with Gasteiger partial charge in [-0.3, -0.25) is 0 Å². The number of fused-ring (bicyclic) bond motifs is 1. The standard InChI is InChI=1S/C14H16N4OS/c1-2-11(14-16-5-6-20-14)18-12-4-3-9(15)7-10(12)17-13(18)8-19/h3-7,11,19H,2,8,15H2,1H3. The highest BCUT2D eigenvalue weighted by Gasteiger charge is 2.20. The van der Waals surface area contributed by atoms with Crippen molar-refractivity contribution in [3.63, 3.8) is 0 Å². The molecule has 0 saturated heterocycles. The van der Waals surface area contributed by atoms with Crippen LogP contribution in [0.4, 0.5) is 5.69 Å². The monoisotopic (exact) mass is 288 g/mol. The second-order valence-electron chi connectivity index (χ2n) is 4.60. The highest BCUT2D eigenvalue weighted by molar-refractivity contribution is 7.09. The van der Waals surface area contributed by atoms with Gasteiger partial charge in [0.2, 0.25) is 0 Å². The number of aliphatic hydroxyl groups is 1. The Morgan fingerprint density at radius 2 is 2.30 bits per heavy atom. The maximum atomic E-state index is 9.60. The van der Waals surface area contributed by atoms with E-state index in [2.05, 4.69) is 21.5 Å². The molecule has 5 nitrogen and oxygen atoms in total. The van der Waals surface area contributed by atoms with E-state index in [1.165, 1.54) is 0 Å². The minimum atomic E-state index is -0.101. The van der Waals surface area contributed by atoms with Crippen LogP contribution in [0, 0.1) is 0 Å². The Kier molecular flexibility index (Phi) is 3.42. The molecule has 6 heteroatoms. The van der Waals surface area contributed by atoms with Gasteiger partial charge in [0.25, 0.3) is 0 Å². The molecular formula is C14H16N4OS. The molecule has 1 unspecified atom stereocenters. The van der Waals surface area contributed by atoms with Gasteiger partial charge in [0.05, 0.1) is 17.1 Å². The largest absolute Gasteiger partial charge is 0.399 e. The highest BCUT2D eigenvalue weighted by atomic mass is 32.1. The first-order valence-corrected chi connectivity index (χ1v) is 7.39. The van der Waals surface area contributed by atoms with Crippen LogP contribution in [0.1, 0.15) is 30.2 Å². The molecule has 0 fully saturated rings. The Balaban J connectivity index is 2.22. The van der Waals surface area contributed by atoms with E-state index < -0.39 is 0 Å². The van der Waals surface area contributed by atoms with Crippen molar-refractivity contribution in [2.45, 2.75) is 26.0 Å². The Labute approximate surface area is 120 Å². The minimum absolute atomic E-state index is 0.0887. The number of rotatable bonds is 4. The summed E-state index contributed by atoms with van der Waals surface area (Å²) in [5.41, 5.74) is 8.27. The summed E-state index contributed by atoms with van der Waals surface area (Å²) in [7, 11) is 0. The van der Waals surface area contributed by atoms with Crippen molar-refractivity contribution >= 4 is 28.1 Å². The topological polar surface area (TPSA) is 77.0 Å². The van der Waals surface area contributed by atoms with E-state index in [9.17, 15) is 5.11 Å². The van der Waals surface area contributed by atoms with Gasteiger partial charge in [0.1, 0.15) is 17.4 Å². The molecule has 3 N–H and O–H groups in total. The molecule has 104 valence electrons. The van der Waals surface area contributed by atoms with Gasteiger partial charge in [-0.15, -0.1) is 11.3 Å². The minimum Gasteiger partial charge on any atom is -0.399 e. The van der Waals surface area contributed by atoms with Crippen molar-refractivity contribution in [3.8, 4) is 0 Å². The van der Waals surface area contributed by atoms with Crippen LogP contribution in [0.15, 0.2) is 29.8 Å². The summed E-state index contributed by atoms with van der Waals surface area (Å²) in [5.74, 6) is 0.646. The summed E-state index contributed by atoms with van der Waals surface area (Å²) in [5, 5.41) is 12.6. The molecule has 2 heterocycles. The van der Waals surface area contributed by atoms with E-state index in [1.807, 2.05) is 23.6 Å². The number of hydrogen-bond acceptors (Lipinski definition) is 5. The van der Waals surface area contributed by atoms with E-state index in [4.69, 9.17) is 5.73 Å². The Morgan fingerprint density at radius 1 is 1.45 bits per heavy atom. The van der Waals surface area contributed by atoms with E-state index in [0.717, 1.165) is 22.5 Å². The average Bonchev–Trinajstić information content (AvgIpc) is 3.08. The van der Waals surface area contributed by atoms with Crippen LogP contribution in [-0.4, -0.2) is 19.6 Å². The molecule has 0 aliphatic heterocycles. The van der Waals surface area contributed by atoms with E-state index in [-0.39, 0.29) is 12.6 Å². The first-order chi connectivity index (χ1) is 9.74. The zero-order valence-electron chi connectivity index (χ0n) is 11.2. The number of nitrogen functional groups attached to an aromatic ring is 1. The van der Waals surface area contributed by atoms with Crippen molar-refractivity contribution in [2.75, 3.05) is 5.73 Å².